The van der Waals surface area contributed by atoms with Gasteiger partial charge in [0, 0.05) is 18.5 Å². The number of aryl methyl sites for hydroxylation is 1. The lowest BCUT2D eigenvalue weighted by atomic mass is 9.89. The van der Waals surface area contributed by atoms with Crippen LogP contribution in [0.4, 0.5) is 0 Å². The first-order valence-corrected chi connectivity index (χ1v) is 6.89. The molecular formula is C16H20N2O2. The van der Waals surface area contributed by atoms with Crippen LogP contribution in [0.1, 0.15) is 22.7 Å². The summed E-state index contributed by atoms with van der Waals surface area (Å²) < 4.78 is 5.44. The zero-order valence-electron chi connectivity index (χ0n) is 11.9. The second kappa shape index (κ2) is 5.04. The molecule has 4 heteroatoms. The number of benzene rings is 1. The van der Waals surface area contributed by atoms with Gasteiger partial charge in [0.15, 0.2) is 0 Å². The van der Waals surface area contributed by atoms with Crippen LogP contribution in [0, 0.1) is 12.8 Å². The van der Waals surface area contributed by atoms with E-state index >= 15 is 0 Å². The number of aliphatic hydroxyl groups excluding tert-OH is 1. The molecule has 1 aromatic rings. The van der Waals surface area contributed by atoms with Gasteiger partial charge in [0.1, 0.15) is 0 Å². The Labute approximate surface area is 119 Å². The van der Waals surface area contributed by atoms with E-state index in [2.05, 4.69) is 41.7 Å². The van der Waals surface area contributed by atoms with Crippen molar-refractivity contribution in [2.75, 3.05) is 20.3 Å². The van der Waals surface area contributed by atoms with E-state index in [0.29, 0.717) is 13.2 Å². The van der Waals surface area contributed by atoms with E-state index in [9.17, 15) is 5.11 Å². The van der Waals surface area contributed by atoms with E-state index in [1.165, 1.54) is 16.7 Å². The fourth-order valence-corrected chi connectivity index (χ4v) is 3.33. The Kier molecular flexibility index (Phi) is 3.36. The average Bonchev–Trinajstić information content (AvgIpc) is 2.93. The second-order valence-electron chi connectivity index (χ2n) is 5.61. The van der Waals surface area contributed by atoms with Crippen LogP contribution in [0.5, 0.6) is 0 Å². The molecule has 3 atom stereocenters. The van der Waals surface area contributed by atoms with Crippen molar-refractivity contribution in [2.24, 2.45) is 10.9 Å². The number of hydrogen-bond acceptors (Lipinski definition) is 4. The molecule has 0 spiro atoms. The van der Waals surface area contributed by atoms with Gasteiger partial charge in [0.2, 0.25) is 0 Å². The zero-order valence-corrected chi connectivity index (χ0v) is 11.9. The quantitative estimate of drug-likeness (QED) is 0.837. The van der Waals surface area contributed by atoms with Crippen molar-refractivity contribution in [3.05, 3.63) is 41.1 Å². The Morgan fingerprint density at radius 2 is 2.25 bits per heavy atom. The SMILES string of the molecule is C=N/C=C1/c2ccc(C)cc2C(C2COCC2O)N1C. The molecule has 1 aromatic carbocycles. The van der Waals surface area contributed by atoms with E-state index in [0.717, 1.165) is 5.70 Å². The lowest BCUT2D eigenvalue weighted by molar-refractivity contribution is 0.0986. The summed E-state index contributed by atoms with van der Waals surface area (Å²) in [6.45, 7) is 6.67. The minimum Gasteiger partial charge on any atom is -0.390 e. The molecule has 3 unspecified atom stereocenters. The highest BCUT2D eigenvalue weighted by Crippen LogP contribution is 2.46. The van der Waals surface area contributed by atoms with Crippen molar-refractivity contribution in [1.29, 1.82) is 0 Å². The molecule has 3 rings (SSSR count). The Balaban J connectivity index is 2.10. The molecule has 2 aliphatic rings. The number of hydrogen-bond donors (Lipinski definition) is 1. The number of fused-ring (bicyclic) bond motifs is 1. The van der Waals surface area contributed by atoms with Gasteiger partial charge in [-0.3, -0.25) is 4.99 Å². The molecule has 1 N–H and O–H groups in total. The van der Waals surface area contributed by atoms with E-state index in [-0.39, 0.29) is 12.0 Å². The highest BCUT2D eigenvalue weighted by molar-refractivity contribution is 5.73. The van der Waals surface area contributed by atoms with Crippen molar-refractivity contribution < 1.29 is 9.84 Å². The maximum Gasteiger partial charge on any atom is 0.0846 e. The number of aliphatic imine (C=N–C) groups is 1. The van der Waals surface area contributed by atoms with Crippen LogP contribution in [-0.2, 0) is 4.74 Å². The minimum atomic E-state index is -0.410. The molecule has 1 fully saturated rings. The van der Waals surface area contributed by atoms with E-state index in [4.69, 9.17) is 4.74 Å². The van der Waals surface area contributed by atoms with E-state index in [1.54, 1.807) is 6.20 Å². The Morgan fingerprint density at radius 1 is 1.45 bits per heavy atom. The molecule has 20 heavy (non-hydrogen) atoms. The zero-order chi connectivity index (χ0) is 14.3. The maximum atomic E-state index is 10.2. The molecule has 0 aromatic heterocycles. The van der Waals surface area contributed by atoms with Crippen molar-refractivity contribution in [3.8, 4) is 0 Å². The number of rotatable bonds is 2. The van der Waals surface area contributed by atoms with Crippen LogP contribution < -0.4 is 0 Å². The summed E-state index contributed by atoms with van der Waals surface area (Å²) in [5, 5.41) is 10.2. The van der Waals surface area contributed by atoms with Gasteiger partial charge in [-0.2, -0.15) is 0 Å². The lowest BCUT2D eigenvalue weighted by Crippen LogP contribution is -2.31. The highest BCUT2D eigenvalue weighted by Gasteiger charge is 2.42. The maximum absolute atomic E-state index is 10.2. The van der Waals surface area contributed by atoms with Gasteiger partial charge in [-0.1, -0.05) is 23.8 Å². The summed E-state index contributed by atoms with van der Waals surface area (Å²) in [5.41, 5.74) is 4.70. The first-order valence-electron chi connectivity index (χ1n) is 6.89. The summed E-state index contributed by atoms with van der Waals surface area (Å²) in [6, 6.07) is 6.56. The smallest absolute Gasteiger partial charge is 0.0846 e. The molecule has 4 nitrogen and oxygen atoms in total. The van der Waals surface area contributed by atoms with Crippen LogP contribution in [0.15, 0.2) is 29.4 Å². The first-order chi connectivity index (χ1) is 9.63. The van der Waals surface area contributed by atoms with Crippen LogP contribution >= 0.6 is 0 Å². The molecule has 0 saturated carbocycles. The molecule has 0 radical (unpaired) electrons. The highest BCUT2D eigenvalue weighted by atomic mass is 16.5. The molecule has 2 heterocycles. The Morgan fingerprint density at radius 3 is 2.90 bits per heavy atom. The second-order valence-corrected chi connectivity index (χ2v) is 5.61. The summed E-state index contributed by atoms with van der Waals surface area (Å²) in [5.74, 6) is 0.0938. The molecule has 0 aliphatic carbocycles. The molecule has 0 bridgehead atoms. The minimum absolute atomic E-state index is 0.0938. The molecule has 106 valence electrons. The third kappa shape index (κ3) is 1.96. The topological polar surface area (TPSA) is 45.1 Å². The summed E-state index contributed by atoms with van der Waals surface area (Å²) in [6.07, 6.45) is 1.38. The third-order valence-corrected chi connectivity index (χ3v) is 4.31. The fraction of sp³-hybridized carbons (Fsp3) is 0.438. The van der Waals surface area contributed by atoms with Crippen LogP contribution in [0.2, 0.25) is 0 Å². The predicted molar refractivity (Wildman–Crippen MR) is 79.5 cm³/mol. The van der Waals surface area contributed by atoms with E-state index in [1.807, 2.05) is 7.05 Å². The predicted octanol–water partition coefficient (Wildman–Crippen LogP) is 1.99. The molecule has 1 saturated heterocycles. The van der Waals surface area contributed by atoms with Crippen LogP contribution in [0.3, 0.4) is 0 Å². The van der Waals surface area contributed by atoms with Crippen molar-refractivity contribution in [2.45, 2.75) is 19.1 Å². The molecule has 0 amide bonds. The van der Waals surface area contributed by atoms with Gasteiger partial charge in [-0.05, 0) is 19.2 Å². The fourth-order valence-electron chi connectivity index (χ4n) is 3.33. The Hall–Kier alpha value is -1.65. The normalized spacial score (nSPS) is 30.9. The van der Waals surface area contributed by atoms with Crippen molar-refractivity contribution in [3.63, 3.8) is 0 Å². The summed E-state index contributed by atoms with van der Waals surface area (Å²) in [4.78, 5) is 6.10. The molecular weight excluding hydrogens is 252 g/mol. The van der Waals surface area contributed by atoms with Gasteiger partial charge < -0.3 is 14.7 Å². The van der Waals surface area contributed by atoms with Crippen molar-refractivity contribution in [1.82, 2.24) is 4.90 Å². The molecule has 2 aliphatic heterocycles. The van der Waals surface area contributed by atoms with Gasteiger partial charge in [0.25, 0.3) is 0 Å². The average molecular weight is 272 g/mol. The Bertz CT molecular complexity index is 568. The number of ether oxygens (including phenoxy) is 1. The van der Waals surface area contributed by atoms with Gasteiger partial charge in [0.05, 0.1) is 37.3 Å². The van der Waals surface area contributed by atoms with Crippen LogP contribution in [-0.4, -0.2) is 43.1 Å². The number of nitrogens with zero attached hydrogens (tertiary/aromatic N) is 2. The van der Waals surface area contributed by atoms with Gasteiger partial charge >= 0.3 is 0 Å². The third-order valence-electron chi connectivity index (χ3n) is 4.31. The van der Waals surface area contributed by atoms with Crippen molar-refractivity contribution >= 4 is 12.4 Å². The number of aliphatic hydroxyl groups is 1. The van der Waals surface area contributed by atoms with Gasteiger partial charge in [-0.15, -0.1) is 0 Å². The monoisotopic (exact) mass is 272 g/mol. The van der Waals surface area contributed by atoms with E-state index < -0.39 is 6.10 Å². The standard InChI is InChI=1S/C16H20N2O2/c1-10-4-5-11-12(6-10)16(13-8-20-9-15(13)19)18(3)14(11)7-17-2/h4-7,13,15-16,19H,2,8-9H2,1,3H3/b14-7-. The first kappa shape index (κ1) is 13.3. The van der Waals surface area contributed by atoms with Gasteiger partial charge in [-0.25, -0.2) is 0 Å². The van der Waals surface area contributed by atoms with Crippen LogP contribution in [0.25, 0.3) is 5.70 Å². The summed E-state index contributed by atoms with van der Waals surface area (Å²) >= 11 is 0. The lowest BCUT2D eigenvalue weighted by Gasteiger charge is -2.29. The summed E-state index contributed by atoms with van der Waals surface area (Å²) in [7, 11) is 2.04. The largest absolute Gasteiger partial charge is 0.390 e.